The highest BCUT2D eigenvalue weighted by Gasteiger charge is 2.54. The minimum Gasteiger partial charge on any atom is -0.354 e. The summed E-state index contributed by atoms with van der Waals surface area (Å²) in [4.78, 5) is 22.1. The number of Topliss-reactive ketones (excluding diaryl/α,β-unsaturated/α-hetero) is 1. The first-order valence-electron chi connectivity index (χ1n) is 3.57. The fourth-order valence-electron chi connectivity index (χ4n) is 1.73. The van der Waals surface area contributed by atoms with Crippen molar-refractivity contribution in [3.05, 3.63) is 0 Å². The highest BCUT2D eigenvalue weighted by atomic mass is 16.2. The fourth-order valence-corrected chi connectivity index (χ4v) is 1.73. The Balaban J connectivity index is 2.29. The van der Waals surface area contributed by atoms with Crippen molar-refractivity contribution in [1.29, 1.82) is 0 Å². The van der Waals surface area contributed by atoms with Crippen LogP contribution in [-0.2, 0) is 9.59 Å². The number of hydrogen-bond donors (Lipinski definition) is 1. The van der Waals surface area contributed by atoms with E-state index in [0.29, 0.717) is 13.0 Å². The molecule has 2 rings (SSSR count). The molecule has 1 amide bonds. The van der Waals surface area contributed by atoms with Gasteiger partial charge >= 0.3 is 0 Å². The van der Waals surface area contributed by atoms with Crippen LogP contribution in [0.1, 0.15) is 19.3 Å². The van der Waals surface area contributed by atoms with Gasteiger partial charge in [0.05, 0.1) is 0 Å². The Hall–Kier alpha value is -0.860. The van der Waals surface area contributed by atoms with E-state index < -0.39 is 5.41 Å². The maximum Gasteiger partial charge on any atom is 0.235 e. The predicted octanol–water partition coefficient (Wildman–Crippen LogP) is -0.144. The molecule has 1 saturated carbocycles. The molecule has 2 fully saturated rings. The number of carbonyl (C=O) groups is 2. The summed E-state index contributed by atoms with van der Waals surface area (Å²) >= 11 is 0. The third kappa shape index (κ3) is 0.462. The average molecular weight is 139 g/mol. The summed E-state index contributed by atoms with van der Waals surface area (Å²) in [6.07, 6.45) is 2.28. The molecule has 1 heterocycles. The van der Waals surface area contributed by atoms with Crippen LogP contribution in [0.15, 0.2) is 0 Å². The molecule has 1 saturated heterocycles. The lowest BCUT2D eigenvalue weighted by molar-refractivity contribution is -0.147. The number of hydrogen-bond acceptors (Lipinski definition) is 2. The Labute approximate surface area is 58.8 Å². The van der Waals surface area contributed by atoms with Crippen molar-refractivity contribution in [2.45, 2.75) is 19.3 Å². The van der Waals surface area contributed by atoms with E-state index in [1.54, 1.807) is 0 Å². The smallest absolute Gasteiger partial charge is 0.235 e. The molecule has 3 nitrogen and oxygen atoms in total. The molecule has 2 aliphatic rings. The second-order valence-corrected chi connectivity index (χ2v) is 3.04. The normalized spacial score (nSPS) is 38.0. The van der Waals surface area contributed by atoms with Gasteiger partial charge in [-0.15, -0.1) is 0 Å². The molecule has 0 radical (unpaired) electrons. The summed E-state index contributed by atoms with van der Waals surface area (Å²) < 4.78 is 0. The molecule has 1 N–H and O–H groups in total. The van der Waals surface area contributed by atoms with E-state index in [9.17, 15) is 9.59 Å². The third-order valence-electron chi connectivity index (χ3n) is 2.53. The number of carbonyl (C=O) groups excluding carboxylic acids is 2. The van der Waals surface area contributed by atoms with Gasteiger partial charge in [0.1, 0.15) is 11.2 Å². The zero-order valence-corrected chi connectivity index (χ0v) is 5.64. The summed E-state index contributed by atoms with van der Waals surface area (Å²) in [6, 6.07) is 0. The molecule has 1 unspecified atom stereocenters. The predicted molar refractivity (Wildman–Crippen MR) is 34.3 cm³/mol. The molecule has 1 spiro atoms. The van der Waals surface area contributed by atoms with E-state index in [4.69, 9.17) is 0 Å². The van der Waals surface area contributed by atoms with Crippen molar-refractivity contribution >= 4 is 11.7 Å². The Kier molecular flexibility index (Phi) is 0.938. The van der Waals surface area contributed by atoms with Gasteiger partial charge < -0.3 is 5.32 Å². The zero-order valence-electron chi connectivity index (χ0n) is 5.64. The average Bonchev–Trinajstić information content (AvgIpc) is 2.30. The van der Waals surface area contributed by atoms with E-state index in [1.807, 2.05) is 0 Å². The number of β-lactam (4-membered cyclic amide) rings is 1. The Bertz CT molecular complexity index is 212. The highest BCUT2D eigenvalue weighted by molar-refractivity contribution is 6.11. The second kappa shape index (κ2) is 1.59. The van der Waals surface area contributed by atoms with Gasteiger partial charge in [-0.2, -0.15) is 0 Å². The molecular formula is C7H9NO2. The van der Waals surface area contributed by atoms with Crippen molar-refractivity contribution < 1.29 is 9.59 Å². The second-order valence-electron chi connectivity index (χ2n) is 3.04. The summed E-state index contributed by atoms with van der Waals surface area (Å²) in [5, 5.41) is 2.61. The molecule has 1 aliphatic carbocycles. The van der Waals surface area contributed by atoms with Gasteiger partial charge in [-0.3, -0.25) is 9.59 Å². The quantitative estimate of drug-likeness (QED) is 0.375. The SMILES string of the molecule is O=C1CCCC12CNC2=O. The molecular weight excluding hydrogens is 130 g/mol. The van der Waals surface area contributed by atoms with Gasteiger partial charge in [-0.25, -0.2) is 0 Å². The van der Waals surface area contributed by atoms with Gasteiger partial charge in [0.15, 0.2) is 0 Å². The van der Waals surface area contributed by atoms with Crippen LogP contribution < -0.4 is 5.32 Å². The summed E-state index contributed by atoms with van der Waals surface area (Å²) in [6.45, 7) is 0.588. The van der Waals surface area contributed by atoms with E-state index in [-0.39, 0.29) is 11.7 Å². The largest absolute Gasteiger partial charge is 0.354 e. The molecule has 54 valence electrons. The van der Waals surface area contributed by atoms with Crippen molar-refractivity contribution in [3.8, 4) is 0 Å². The lowest BCUT2D eigenvalue weighted by Crippen LogP contribution is -2.61. The first kappa shape index (κ1) is 5.89. The van der Waals surface area contributed by atoms with Gasteiger partial charge in [-0.05, 0) is 12.8 Å². The molecule has 0 aromatic heterocycles. The van der Waals surface area contributed by atoms with Crippen LogP contribution in [0.25, 0.3) is 0 Å². The fraction of sp³-hybridized carbons (Fsp3) is 0.714. The number of rotatable bonds is 0. The number of ketones is 1. The van der Waals surface area contributed by atoms with Crippen LogP contribution in [0, 0.1) is 5.41 Å². The summed E-state index contributed by atoms with van der Waals surface area (Å²) in [5.74, 6) is 0.103. The topological polar surface area (TPSA) is 46.2 Å². The Morgan fingerprint density at radius 1 is 1.40 bits per heavy atom. The molecule has 0 aromatic rings. The van der Waals surface area contributed by atoms with E-state index in [2.05, 4.69) is 5.32 Å². The maximum atomic E-state index is 11.1. The summed E-state index contributed by atoms with van der Waals surface area (Å²) in [7, 11) is 0. The molecule has 1 atom stereocenters. The van der Waals surface area contributed by atoms with Crippen LogP contribution in [0.3, 0.4) is 0 Å². The van der Waals surface area contributed by atoms with Crippen LogP contribution in [0.4, 0.5) is 0 Å². The zero-order chi connectivity index (χ0) is 7.19. The van der Waals surface area contributed by atoms with Crippen molar-refractivity contribution in [3.63, 3.8) is 0 Å². The molecule has 3 heteroatoms. The molecule has 1 aliphatic heterocycles. The van der Waals surface area contributed by atoms with E-state index >= 15 is 0 Å². The molecule has 10 heavy (non-hydrogen) atoms. The van der Waals surface area contributed by atoms with Gasteiger partial charge in [-0.1, -0.05) is 0 Å². The Morgan fingerprint density at radius 2 is 2.20 bits per heavy atom. The first-order valence-corrected chi connectivity index (χ1v) is 3.57. The number of nitrogens with one attached hydrogen (secondary N) is 1. The molecule has 0 bridgehead atoms. The van der Waals surface area contributed by atoms with Gasteiger partial charge in [0.25, 0.3) is 0 Å². The highest BCUT2D eigenvalue weighted by Crippen LogP contribution is 2.38. The van der Waals surface area contributed by atoms with Crippen LogP contribution in [0.2, 0.25) is 0 Å². The summed E-state index contributed by atoms with van der Waals surface area (Å²) in [5.41, 5.74) is -0.556. The minimum atomic E-state index is -0.556. The van der Waals surface area contributed by atoms with Crippen LogP contribution >= 0.6 is 0 Å². The lowest BCUT2D eigenvalue weighted by Gasteiger charge is -2.35. The van der Waals surface area contributed by atoms with Crippen molar-refractivity contribution in [2.24, 2.45) is 5.41 Å². The van der Waals surface area contributed by atoms with Gasteiger partial charge in [0, 0.05) is 13.0 Å². The van der Waals surface area contributed by atoms with E-state index in [0.717, 1.165) is 12.8 Å². The van der Waals surface area contributed by atoms with Crippen LogP contribution in [0.5, 0.6) is 0 Å². The monoisotopic (exact) mass is 139 g/mol. The van der Waals surface area contributed by atoms with Crippen molar-refractivity contribution in [1.82, 2.24) is 5.32 Å². The van der Waals surface area contributed by atoms with Gasteiger partial charge in [0.2, 0.25) is 5.91 Å². The third-order valence-corrected chi connectivity index (χ3v) is 2.53. The minimum absolute atomic E-state index is 0.0463. The lowest BCUT2D eigenvalue weighted by atomic mass is 9.78. The first-order chi connectivity index (χ1) is 4.76. The number of amides is 1. The Morgan fingerprint density at radius 3 is 2.40 bits per heavy atom. The van der Waals surface area contributed by atoms with Crippen LogP contribution in [-0.4, -0.2) is 18.2 Å². The maximum absolute atomic E-state index is 11.1. The van der Waals surface area contributed by atoms with Crippen molar-refractivity contribution in [2.75, 3.05) is 6.54 Å². The molecule has 0 aromatic carbocycles. The standard InChI is InChI=1S/C7H9NO2/c9-5-2-1-3-7(5)4-8-6(7)10/h1-4H2,(H,8,10). The van der Waals surface area contributed by atoms with E-state index in [1.165, 1.54) is 0 Å².